The Morgan fingerprint density at radius 3 is 2.47 bits per heavy atom. The second kappa shape index (κ2) is 5.46. The van der Waals surface area contributed by atoms with Crippen LogP contribution in [0.25, 0.3) is 0 Å². The van der Waals surface area contributed by atoms with Crippen LogP contribution in [0.5, 0.6) is 0 Å². The van der Waals surface area contributed by atoms with E-state index in [1.807, 2.05) is 0 Å². The van der Waals surface area contributed by atoms with Gasteiger partial charge in [-0.1, -0.05) is 53.4 Å². The van der Waals surface area contributed by atoms with Crippen LogP contribution in [0.3, 0.4) is 0 Å². The van der Waals surface area contributed by atoms with Crippen molar-refractivity contribution in [1.29, 1.82) is 0 Å². The van der Waals surface area contributed by atoms with Gasteiger partial charge in [-0.05, 0) is 30.3 Å². The molecule has 0 bridgehead atoms. The van der Waals surface area contributed by atoms with Gasteiger partial charge in [0.1, 0.15) is 0 Å². The van der Waals surface area contributed by atoms with Crippen LogP contribution in [0.2, 0.25) is 0 Å². The monoisotopic (exact) mass is 235 g/mol. The zero-order valence-electron chi connectivity index (χ0n) is 12.1. The van der Waals surface area contributed by atoms with Crippen LogP contribution in [0, 0.1) is 17.8 Å². The summed E-state index contributed by atoms with van der Waals surface area (Å²) in [5, 5.41) is 0. The van der Waals surface area contributed by atoms with E-state index in [1.54, 1.807) is 5.70 Å². The predicted molar refractivity (Wildman–Crippen MR) is 74.8 cm³/mol. The highest BCUT2D eigenvalue weighted by molar-refractivity contribution is 5.34. The van der Waals surface area contributed by atoms with Gasteiger partial charge >= 0.3 is 0 Å². The number of rotatable bonds is 8. The molecule has 2 heterocycles. The molecule has 2 aliphatic rings. The molecule has 4 atom stereocenters. The second-order valence-corrected chi connectivity index (χ2v) is 6.28. The topological polar surface area (TPSA) is 3.01 Å². The average Bonchev–Trinajstić information content (AvgIpc) is 2.94. The van der Waals surface area contributed by atoms with Gasteiger partial charge in [0, 0.05) is 5.70 Å². The molecule has 0 radical (unpaired) electrons. The second-order valence-electron chi connectivity index (χ2n) is 6.28. The Morgan fingerprint density at radius 1 is 1.24 bits per heavy atom. The van der Waals surface area contributed by atoms with Crippen LogP contribution in [-0.2, 0) is 0 Å². The molecular formula is C16H29N. The lowest BCUT2D eigenvalue weighted by molar-refractivity contribution is 0.210. The SMILES string of the molecule is CCCC(CCC(C)CC)C(C)C1C=C2CN21. The number of hydrogen-bond donors (Lipinski definition) is 0. The van der Waals surface area contributed by atoms with E-state index in [4.69, 9.17) is 0 Å². The Kier molecular flexibility index (Phi) is 4.17. The van der Waals surface area contributed by atoms with Gasteiger partial charge in [-0.2, -0.15) is 0 Å². The Labute approximate surface area is 107 Å². The highest BCUT2D eigenvalue weighted by atomic mass is 15.3. The lowest BCUT2D eigenvalue weighted by atomic mass is 9.79. The van der Waals surface area contributed by atoms with Crippen molar-refractivity contribution in [2.45, 2.75) is 65.8 Å². The van der Waals surface area contributed by atoms with Gasteiger partial charge in [0.25, 0.3) is 0 Å². The fraction of sp³-hybridized carbons (Fsp3) is 0.875. The van der Waals surface area contributed by atoms with Crippen molar-refractivity contribution in [3.05, 3.63) is 11.8 Å². The van der Waals surface area contributed by atoms with Crippen LogP contribution in [-0.4, -0.2) is 17.5 Å². The number of fused-ring (bicyclic) bond motifs is 1. The van der Waals surface area contributed by atoms with Crippen molar-refractivity contribution >= 4 is 0 Å². The lowest BCUT2D eigenvalue weighted by Crippen LogP contribution is -2.34. The standard InChI is InChI=1S/C16H29N/c1-5-7-14(9-8-12(3)6-2)13(4)16-10-15-11-17(15)16/h10,12-14,16H,5-9,11H2,1-4H3. The van der Waals surface area contributed by atoms with Crippen molar-refractivity contribution in [2.75, 3.05) is 6.54 Å². The fourth-order valence-electron chi connectivity index (χ4n) is 3.25. The summed E-state index contributed by atoms with van der Waals surface area (Å²) in [6, 6.07) is 0.790. The van der Waals surface area contributed by atoms with Crippen LogP contribution < -0.4 is 0 Å². The Balaban J connectivity index is 1.80. The van der Waals surface area contributed by atoms with Gasteiger partial charge in [0.15, 0.2) is 0 Å². The van der Waals surface area contributed by atoms with E-state index < -0.39 is 0 Å². The molecular weight excluding hydrogens is 206 g/mol. The van der Waals surface area contributed by atoms with Gasteiger partial charge < -0.3 is 4.90 Å². The summed E-state index contributed by atoms with van der Waals surface area (Å²) in [4.78, 5) is 2.58. The van der Waals surface area contributed by atoms with Crippen molar-refractivity contribution < 1.29 is 0 Å². The van der Waals surface area contributed by atoms with E-state index in [2.05, 4.69) is 38.7 Å². The molecule has 0 aromatic carbocycles. The summed E-state index contributed by atoms with van der Waals surface area (Å²) in [5.41, 5.74) is 1.61. The molecule has 0 aromatic heterocycles. The third kappa shape index (κ3) is 2.86. The van der Waals surface area contributed by atoms with Crippen LogP contribution in [0.1, 0.15) is 59.8 Å². The molecule has 98 valence electrons. The fourth-order valence-corrected chi connectivity index (χ4v) is 3.25. The summed E-state index contributed by atoms with van der Waals surface area (Å²) in [7, 11) is 0. The first-order valence-corrected chi connectivity index (χ1v) is 7.64. The third-order valence-corrected chi connectivity index (χ3v) is 4.99. The lowest BCUT2D eigenvalue weighted by Gasteiger charge is -2.34. The Bertz CT molecular complexity index is 281. The molecule has 4 unspecified atom stereocenters. The van der Waals surface area contributed by atoms with Gasteiger partial charge in [-0.15, -0.1) is 0 Å². The first kappa shape index (κ1) is 13.0. The molecule has 1 heteroatoms. The molecule has 2 rings (SSSR count). The quantitative estimate of drug-likeness (QED) is 0.562. The number of hydrogen-bond acceptors (Lipinski definition) is 1. The first-order chi connectivity index (χ1) is 8.17. The van der Waals surface area contributed by atoms with Crippen molar-refractivity contribution in [3.8, 4) is 0 Å². The van der Waals surface area contributed by atoms with Gasteiger partial charge in [0.05, 0.1) is 12.6 Å². The molecule has 0 saturated carbocycles. The molecule has 1 nitrogen and oxygen atoms in total. The van der Waals surface area contributed by atoms with E-state index in [9.17, 15) is 0 Å². The molecule has 1 fully saturated rings. The summed E-state index contributed by atoms with van der Waals surface area (Å²) in [6.07, 6.45) is 9.49. The zero-order valence-corrected chi connectivity index (χ0v) is 12.1. The highest BCUT2D eigenvalue weighted by Gasteiger charge is 2.44. The van der Waals surface area contributed by atoms with E-state index in [0.29, 0.717) is 0 Å². The largest absolute Gasteiger partial charge is 0.361 e. The summed E-state index contributed by atoms with van der Waals surface area (Å²) in [6.45, 7) is 10.8. The normalized spacial score (nSPS) is 26.7. The maximum absolute atomic E-state index is 2.58. The Hall–Kier alpha value is -0.460. The first-order valence-electron chi connectivity index (χ1n) is 7.64. The van der Waals surface area contributed by atoms with Crippen molar-refractivity contribution in [2.24, 2.45) is 17.8 Å². The maximum Gasteiger partial charge on any atom is 0.0580 e. The average molecular weight is 235 g/mol. The summed E-state index contributed by atoms with van der Waals surface area (Å²) >= 11 is 0. The molecule has 0 N–H and O–H groups in total. The molecule has 1 saturated heterocycles. The van der Waals surface area contributed by atoms with Crippen LogP contribution in [0.15, 0.2) is 11.8 Å². The molecule has 0 amide bonds. The minimum atomic E-state index is 0.790. The highest BCUT2D eigenvalue weighted by Crippen LogP contribution is 2.43. The van der Waals surface area contributed by atoms with Crippen molar-refractivity contribution in [3.63, 3.8) is 0 Å². The van der Waals surface area contributed by atoms with Gasteiger partial charge in [0.2, 0.25) is 0 Å². The zero-order chi connectivity index (χ0) is 12.4. The molecule has 0 aromatic rings. The van der Waals surface area contributed by atoms with Crippen LogP contribution in [0.4, 0.5) is 0 Å². The van der Waals surface area contributed by atoms with E-state index in [1.165, 1.54) is 38.6 Å². The molecule has 17 heavy (non-hydrogen) atoms. The van der Waals surface area contributed by atoms with Crippen LogP contribution >= 0.6 is 0 Å². The van der Waals surface area contributed by atoms with E-state index in [0.717, 1.165) is 23.8 Å². The van der Waals surface area contributed by atoms with Gasteiger partial charge in [-0.3, -0.25) is 0 Å². The molecule has 2 aliphatic heterocycles. The summed E-state index contributed by atoms with van der Waals surface area (Å²) < 4.78 is 0. The third-order valence-electron chi connectivity index (χ3n) is 4.99. The molecule has 0 spiro atoms. The van der Waals surface area contributed by atoms with E-state index >= 15 is 0 Å². The maximum atomic E-state index is 2.58. The van der Waals surface area contributed by atoms with Gasteiger partial charge in [-0.25, -0.2) is 0 Å². The Morgan fingerprint density at radius 2 is 2.00 bits per heavy atom. The van der Waals surface area contributed by atoms with E-state index in [-0.39, 0.29) is 0 Å². The number of nitrogens with zero attached hydrogens (tertiary/aromatic N) is 1. The predicted octanol–water partition coefficient (Wildman–Crippen LogP) is 4.45. The smallest absolute Gasteiger partial charge is 0.0580 e. The minimum Gasteiger partial charge on any atom is -0.361 e. The minimum absolute atomic E-state index is 0.790. The summed E-state index contributed by atoms with van der Waals surface area (Å²) in [5.74, 6) is 2.72. The molecule has 0 aliphatic carbocycles. The van der Waals surface area contributed by atoms with Crippen molar-refractivity contribution in [1.82, 2.24) is 4.90 Å².